The summed E-state index contributed by atoms with van der Waals surface area (Å²) in [6.07, 6.45) is -10.4. The van der Waals surface area contributed by atoms with Crippen LogP contribution in [0, 0.1) is 11.3 Å². The highest BCUT2D eigenvalue weighted by Gasteiger charge is 2.43. The first-order valence-electron chi connectivity index (χ1n) is 12.2. The summed E-state index contributed by atoms with van der Waals surface area (Å²) in [6, 6.07) is 31.1. The molecule has 0 aliphatic heterocycles. The van der Waals surface area contributed by atoms with Crippen LogP contribution in [0.25, 0.3) is 44.5 Å². The van der Waals surface area contributed by atoms with Crippen molar-refractivity contribution in [3.05, 3.63) is 132 Å². The number of benzene rings is 5. The third-order valence-corrected chi connectivity index (χ3v) is 6.61. The Balaban J connectivity index is 1.97. The molecule has 5 rings (SSSR count). The Morgan fingerprint density at radius 3 is 1.10 bits per heavy atom. The van der Waals surface area contributed by atoms with Gasteiger partial charge in [0.1, 0.15) is 6.07 Å². The van der Waals surface area contributed by atoms with Gasteiger partial charge in [-0.1, -0.05) is 109 Å². The van der Waals surface area contributed by atoms with E-state index in [0.29, 0.717) is 22.3 Å². The maximum atomic E-state index is 14.6. The van der Waals surface area contributed by atoms with Crippen molar-refractivity contribution < 1.29 is 26.3 Å². The van der Waals surface area contributed by atoms with Gasteiger partial charge in [0, 0.05) is 11.1 Å². The van der Waals surface area contributed by atoms with Gasteiger partial charge in [-0.2, -0.15) is 31.6 Å². The summed E-state index contributed by atoms with van der Waals surface area (Å²) in [7, 11) is 0. The molecule has 0 spiro atoms. The Labute approximate surface area is 226 Å². The van der Waals surface area contributed by atoms with Gasteiger partial charge < -0.3 is 0 Å². The lowest BCUT2D eigenvalue weighted by molar-refractivity contribution is -0.142. The zero-order valence-corrected chi connectivity index (χ0v) is 20.7. The van der Waals surface area contributed by atoms with Crippen molar-refractivity contribution >= 4 is 0 Å². The van der Waals surface area contributed by atoms with Crippen molar-refractivity contribution in [2.45, 2.75) is 12.4 Å². The van der Waals surface area contributed by atoms with Gasteiger partial charge in [-0.25, -0.2) is 0 Å². The molecule has 5 aromatic carbocycles. The van der Waals surface area contributed by atoms with Crippen molar-refractivity contribution in [2.24, 2.45) is 0 Å². The normalized spacial score (nSPS) is 11.7. The van der Waals surface area contributed by atoms with Gasteiger partial charge in [0.25, 0.3) is 0 Å². The van der Waals surface area contributed by atoms with Gasteiger partial charge in [0.05, 0.1) is 16.7 Å². The molecule has 0 aliphatic carbocycles. The van der Waals surface area contributed by atoms with E-state index >= 15 is 0 Å². The van der Waals surface area contributed by atoms with Gasteiger partial charge >= 0.3 is 12.4 Å². The number of rotatable bonds is 4. The first-order valence-corrected chi connectivity index (χ1v) is 12.2. The molecule has 0 atom stereocenters. The lowest BCUT2D eigenvalue weighted by Gasteiger charge is -2.24. The fourth-order valence-corrected chi connectivity index (χ4v) is 4.94. The largest absolute Gasteiger partial charge is 0.417 e. The Kier molecular flexibility index (Phi) is 6.95. The summed E-state index contributed by atoms with van der Waals surface area (Å²) in [5.74, 6) is 0. The average molecular weight is 544 g/mol. The SMILES string of the molecule is N#Cc1c(-c2ccccc2-c2ccccc2)c(C(F)(F)F)cc(C(F)(F)F)c1-c1ccccc1-c1ccccc1. The van der Waals surface area contributed by atoms with E-state index in [-0.39, 0.29) is 17.2 Å². The molecule has 0 heterocycles. The zero-order chi connectivity index (χ0) is 28.5. The second-order valence-corrected chi connectivity index (χ2v) is 9.03. The number of alkyl halides is 6. The van der Waals surface area contributed by atoms with Crippen molar-refractivity contribution in [1.29, 1.82) is 5.26 Å². The van der Waals surface area contributed by atoms with Crippen molar-refractivity contribution in [1.82, 2.24) is 0 Å². The van der Waals surface area contributed by atoms with E-state index < -0.39 is 40.2 Å². The van der Waals surface area contributed by atoms with Crippen LogP contribution >= 0.6 is 0 Å². The second-order valence-electron chi connectivity index (χ2n) is 9.03. The maximum absolute atomic E-state index is 14.6. The fraction of sp³-hybridized carbons (Fsp3) is 0.0606. The smallest absolute Gasteiger partial charge is 0.192 e. The molecule has 7 heteroatoms. The fourth-order valence-electron chi connectivity index (χ4n) is 4.94. The zero-order valence-electron chi connectivity index (χ0n) is 20.7. The maximum Gasteiger partial charge on any atom is 0.417 e. The molecular formula is C33H19F6N. The summed E-state index contributed by atoms with van der Waals surface area (Å²) in [5, 5.41) is 10.3. The van der Waals surface area contributed by atoms with Crippen LogP contribution in [0.15, 0.2) is 115 Å². The van der Waals surface area contributed by atoms with E-state index in [1.165, 1.54) is 24.3 Å². The van der Waals surface area contributed by atoms with Crippen LogP contribution in [0.4, 0.5) is 26.3 Å². The van der Waals surface area contributed by atoms with E-state index in [0.717, 1.165) is 0 Å². The van der Waals surface area contributed by atoms with Crippen LogP contribution in [-0.2, 0) is 12.4 Å². The first kappa shape index (κ1) is 26.8. The van der Waals surface area contributed by atoms with Gasteiger partial charge in [0.15, 0.2) is 0 Å². The van der Waals surface area contributed by atoms with E-state index in [1.807, 2.05) is 0 Å². The minimum atomic E-state index is -5.18. The van der Waals surface area contributed by atoms with Gasteiger partial charge in [-0.05, 0) is 39.4 Å². The van der Waals surface area contributed by atoms with Crippen molar-refractivity contribution in [3.8, 4) is 50.6 Å². The molecule has 0 aliphatic rings. The quantitative estimate of drug-likeness (QED) is 0.207. The van der Waals surface area contributed by atoms with Crippen molar-refractivity contribution in [3.63, 3.8) is 0 Å². The van der Waals surface area contributed by atoms with E-state index in [1.54, 1.807) is 91.0 Å². The molecule has 0 bridgehead atoms. The van der Waals surface area contributed by atoms with Crippen molar-refractivity contribution in [2.75, 3.05) is 0 Å². The van der Waals surface area contributed by atoms with Crippen LogP contribution < -0.4 is 0 Å². The number of halogens is 6. The molecule has 0 saturated carbocycles. The highest BCUT2D eigenvalue weighted by atomic mass is 19.4. The molecule has 0 fully saturated rings. The van der Waals surface area contributed by atoms with Crippen LogP contribution in [-0.4, -0.2) is 0 Å². The minimum Gasteiger partial charge on any atom is -0.192 e. The topological polar surface area (TPSA) is 23.8 Å². The Morgan fingerprint density at radius 2 is 0.775 bits per heavy atom. The summed E-state index contributed by atoms with van der Waals surface area (Å²) in [5.41, 5.74) is -3.12. The number of hydrogen-bond acceptors (Lipinski definition) is 1. The lowest BCUT2D eigenvalue weighted by atomic mass is 9.81. The molecule has 0 unspecified atom stereocenters. The molecule has 1 nitrogen and oxygen atoms in total. The molecular weight excluding hydrogens is 524 g/mol. The molecule has 5 aromatic rings. The lowest BCUT2D eigenvalue weighted by Crippen LogP contribution is -2.16. The predicted octanol–water partition coefficient (Wildman–Crippen LogP) is 10.3. The highest BCUT2D eigenvalue weighted by molar-refractivity contribution is 5.96. The van der Waals surface area contributed by atoms with Gasteiger partial charge in [0.2, 0.25) is 0 Å². The number of hydrogen-bond donors (Lipinski definition) is 0. The number of nitrogens with zero attached hydrogens (tertiary/aromatic N) is 1. The Bertz CT molecular complexity index is 1590. The third-order valence-electron chi connectivity index (χ3n) is 6.61. The standard InChI is InChI=1S/C33H19F6N/c34-32(35,36)28-19-29(33(37,38)39)31(26-18-10-8-16-24(26)22-13-5-2-6-14-22)27(20-40)30(28)25-17-9-7-15-23(25)21-11-3-1-4-12-21/h1-19H. The minimum absolute atomic E-state index is 0.00439. The Morgan fingerprint density at radius 1 is 0.450 bits per heavy atom. The summed E-state index contributed by atoms with van der Waals surface area (Å²) in [6.45, 7) is 0. The molecule has 0 saturated heterocycles. The Hall–Kier alpha value is -4.83. The van der Waals surface area contributed by atoms with Gasteiger partial charge in [-0.15, -0.1) is 0 Å². The predicted molar refractivity (Wildman–Crippen MR) is 143 cm³/mol. The van der Waals surface area contributed by atoms with E-state index in [9.17, 15) is 31.6 Å². The molecule has 0 N–H and O–H groups in total. The molecule has 40 heavy (non-hydrogen) atoms. The number of nitriles is 1. The van der Waals surface area contributed by atoms with Crippen LogP contribution in [0.3, 0.4) is 0 Å². The molecule has 0 aromatic heterocycles. The molecule has 198 valence electrons. The van der Waals surface area contributed by atoms with Crippen LogP contribution in [0.2, 0.25) is 0 Å². The van der Waals surface area contributed by atoms with E-state index in [2.05, 4.69) is 0 Å². The van der Waals surface area contributed by atoms with Gasteiger partial charge in [-0.3, -0.25) is 0 Å². The summed E-state index contributed by atoms with van der Waals surface area (Å²) >= 11 is 0. The second kappa shape index (κ2) is 10.4. The molecule has 0 amide bonds. The first-order chi connectivity index (χ1) is 19.1. The van der Waals surface area contributed by atoms with E-state index in [4.69, 9.17) is 0 Å². The summed E-state index contributed by atoms with van der Waals surface area (Å²) in [4.78, 5) is 0. The van der Waals surface area contributed by atoms with Crippen LogP contribution in [0.5, 0.6) is 0 Å². The molecule has 0 radical (unpaired) electrons. The highest BCUT2D eigenvalue weighted by Crippen LogP contribution is 2.51. The summed E-state index contributed by atoms with van der Waals surface area (Å²) < 4.78 is 87.3. The monoisotopic (exact) mass is 543 g/mol. The van der Waals surface area contributed by atoms with Crippen LogP contribution in [0.1, 0.15) is 16.7 Å². The average Bonchev–Trinajstić information content (AvgIpc) is 2.96. The third kappa shape index (κ3) is 4.96.